The molecule has 0 amide bonds. The zero-order chi connectivity index (χ0) is 18.9. The van der Waals surface area contributed by atoms with Crippen molar-refractivity contribution >= 4 is 17.4 Å². The summed E-state index contributed by atoms with van der Waals surface area (Å²) in [6.07, 6.45) is 0.844. The topological polar surface area (TPSA) is 55.4 Å². The number of hydrogen-bond acceptors (Lipinski definition) is 4. The number of hydrogen-bond donors (Lipinski definition) is 1. The molecule has 3 rings (SSSR count). The Morgan fingerprint density at radius 3 is 2.15 bits per heavy atom. The molecule has 3 aromatic rings. The molecule has 0 aromatic heterocycles. The van der Waals surface area contributed by atoms with E-state index in [1.54, 1.807) is 36.4 Å². The standard InChI is InChI=1S/C23H21NO3/c25-22(19-11-5-2-6-12-19)17-27-23(26)20-13-7-8-14-21(20)24-16-15-18-9-3-1-4-10-18/h1-14,24H,15-17H2. The Balaban J connectivity index is 1.57. The molecule has 4 nitrogen and oxygen atoms in total. The summed E-state index contributed by atoms with van der Waals surface area (Å²) in [6, 6.07) is 26.1. The number of carbonyl (C=O) groups is 2. The van der Waals surface area contributed by atoms with Crippen LogP contribution in [-0.4, -0.2) is 24.9 Å². The van der Waals surface area contributed by atoms with Gasteiger partial charge in [0.1, 0.15) is 0 Å². The highest BCUT2D eigenvalue weighted by Crippen LogP contribution is 2.16. The maximum atomic E-state index is 12.4. The second-order valence-corrected chi connectivity index (χ2v) is 6.07. The zero-order valence-electron chi connectivity index (χ0n) is 14.9. The minimum absolute atomic E-state index is 0.224. The molecule has 0 fully saturated rings. The first-order chi connectivity index (χ1) is 13.2. The van der Waals surface area contributed by atoms with Crippen LogP contribution in [0, 0.1) is 0 Å². The third-order valence-electron chi connectivity index (χ3n) is 4.15. The predicted molar refractivity (Wildman–Crippen MR) is 106 cm³/mol. The molecular weight excluding hydrogens is 338 g/mol. The summed E-state index contributed by atoms with van der Waals surface area (Å²) < 4.78 is 5.22. The first-order valence-corrected chi connectivity index (χ1v) is 8.86. The van der Waals surface area contributed by atoms with E-state index in [4.69, 9.17) is 4.74 Å². The van der Waals surface area contributed by atoms with Gasteiger partial charge in [0, 0.05) is 17.8 Å². The molecule has 1 N–H and O–H groups in total. The fourth-order valence-corrected chi connectivity index (χ4v) is 2.72. The van der Waals surface area contributed by atoms with Gasteiger partial charge in [-0.2, -0.15) is 0 Å². The van der Waals surface area contributed by atoms with Crippen LogP contribution in [0.1, 0.15) is 26.3 Å². The van der Waals surface area contributed by atoms with Crippen LogP contribution in [-0.2, 0) is 11.2 Å². The third kappa shape index (κ3) is 5.28. The number of anilines is 1. The van der Waals surface area contributed by atoms with Crippen molar-refractivity contribution in [1.82, 2.24) is 0 Å². The second kappa shape index (κ2) is 9.34. The van der Waals surface area contributed by atoms with Gasteiger partial charge in [0.25, 0.3) is 0 Å². The van der Waals surface area contributed by atoms with Crippen LogP contribution in [0.25, 0.3) is 0 Å². The monoisotopic (exact) mass is 359 g/mol. The Hall–Kier alpha value is -3.40. The van der Waals surface area contributed by atoms with Crippen LogP contribution in [0.3, 0.4) is 0 Å². The number of benzene rings is 3. The van der Waals surface area contributed by atoms with E-state index in [1.165, 1.54) is 5.56 Å². The summed E-state index contributed by atoms with van der Waals surface area (Å²) in [6.45, 7) is 0.415. The van der Waals surface area contributed by atoms with Gasteiger partial charge in [-0.15, -0.1) is 0 Å². The number of carbonyl (C=O) groups excluding carboxylic acids is 2. The maximum Gasteiger partial charge on any atom is 0.340 e. The number of ether oxygens (including phenoxy) is 1. The Labute approximate surface area is 158 Å². The van der Waals surface area contributed by atoms with Crippen molar-refractivity contribution in [2.75, 3.05) is 18.5 Å². The fourth-order valence-electron chi connectivity index (χ4n) is 2.72. The van der Waals surface area contributed by atoms with Crippen LogP contribution in [0.5, 0.6) is 0 Å². The largest absolute Gasteiger partial charge is 0.454 e. The third-order valence-corrected chi connectivity index (χ3v) is 4.15. The van der Waals surface area contributed by atoms with E-state index in [1.807, 2.05) is 36.4 Å². The summed E-state index contributed by atoms with van der Waals surface area (Å²) in [5.41, 5.74) is 2.87. The van der Waals surface area contributed by atoms with Gasteiger partial charge < -0.3 is 10.1 Å². The van der Waals surface area contributed by atoms with Gasteiger partial charge in [0.05, 0.1) is 5.56 Å². The highest BCUT2D eigenvalue weighted by molar-refractivity contribution is 6.00. The van der Waals surface area contributed by atoms with Gasteiger partial charge in [0.2, 0.25) is 0 Å². The van der Waals surface area contributed by atoms with Crippen molar-refractivity contribution in [2.24, 2.45) is 0 Å². The Bertz CT molecular complexity index is 892. The lowest BCUT2D eigenvalue weighted by Crippen LogP contribution is -2.16. The number of para-hydroxylation sites is 1. The second-order valence-electron chi connectivity index (χ2n) is 6.07. The van der Waals surface area contributed by atoms with Gasteiger partial charge >= 0.3 is 5.97 Å². The van der Waals surface area contributed by atoms with Gasteiger partial charge in [-0.3, -0.25) is 4.79 Å². The van der Waals surface area contributed by atoms with Crippen molar-refractivity contribution in [2.45, 2.75) is 6.42 Å². The SMILES string of the molecule is O=C(COC(=O)c1ccccc1NCCc1ccccc1)c1ccccc1. The Kier molecular flexibility index (Phi) is 6.36. The van der Waals surface area contributed by atoms with Gasteiger partial charge in [0.15, 0.2) is 12.4 Å². The van der Waals surface area contributed by atoms with Crippen LogP contribution >= 0.6 is 0 Å². The molecule has 136 valence electrons. The van der Waals surface area contributed by atoms with Crippen LogP contribution in [0.15, 0.2) is 84.9 Å². The van der Waals surface area contributed by atoms with E-state index in [0.29, 0.717) is 23.4 Å². The molecule has 4 heteroatoms. The van der Waals surface area contributed by atoms with Crippen LogP contribution < -0.4 is 5.32 Å². The minimum Gasteiger partial charge on any atom is -0.454 e. The first kappa shape index (κ1) is 18.4. The Morgan fingerprint density at radius 2 is 1.41 bits per heavy atom. The summed E-state index contributed by atoms with van der Waals surface area (Å²) in [7, 11) is 0. The maximum absolute atomic E-state index is 12.4. The van der Waals surface area contributed by atoms with Gasteiger partial charge in [-0.1, -0.05) is 72.8 Å². The quantitative estimate of drug-likeness (QED) is 0.479. The van der Waals surface area contributed by atoms with Crippen molar-refractivity contribution in [3.8, 4) is 0 Å². The molecule has 0 atom stereocenters. The van der Waals surface area contributed by atoms with E-state index in [9.17, 15) is 9.59 Å². The average Bonchev–Trinajstić information content (AvgIpc) is 2.73. The molecule has 3 aromatic carbocycles. The normalized spacial score (nSPS) is 10.2. The average molecular weight is 359 g/mol. The molecular formula is C23H21NO3. The molecule has 0 unspecified atom stereocenters. The smallest absolute Gasteiger partial charge is 0.340 e. The predicted octanol–water partition coefficient (Wildman–Crippen LogP) is 4.38. The van der Waals surface area contributed by atoms with Crippen molar-refractivity contribution in [1.29, 1.82) is 0 Å². The van der Waals surface area contributed by atoms with E-state index >= 15 is 0 Å². The number of rotatable bonds is 8. The van der Waals surface area contributed by atoms with Gasteiger partial charge in [-0.25, -0.2) is 4.79 Å². The lowest BCUT2D eigenvalue weighted by Gasteiger charge is -2.11. The molecule has 0 spiro atoms. The molecule has 0 bridgehead atoms. The molecule has 0 heterocycles. The summed E-state index contributed by atoms with van der Waals surface area (Å²) >= 11 is 0. The number of Topliss-reactive ketones (excluding diaryl/α,β-unsaturated/α-hetero) is 1. The Morgan fingerprint density at radius 1 is 0.778 bits per heavy atom. The molecule has 0 aliphatic heterocycles. The van der Waals surface area contributed by atoms with E-state index in [-0.39, 0.29) is 12.4 Å². The number of nitrogens with one attached hydrogen (secondary N) is 1. The lowest BCUT2D eigenvalue weighted by molar-refractivity contribution is 0.0475. The highest BCUT2D eigenvalue weighted by atomic mass is 16.5. The van der Waals surface area contributed by atoms with Gasteiger partial charge in [-0.05, 0) is 24.1 Å². The first-order valence-electron chi connectivity index (χ1n) is 8.86. The van der Waals surface area contributed by atoms with Crippen molar-refractivity contribution in [3.63, 3.8) is 0 Å². The zero-order valence-corrected chi connectivity index (χ0v) is 14.9. The molecule has 0 saturated carbocycles. The lowest BCUT2D eigenvalue weighted by atomic mass is 10.1. The number of ketones is 1. The van der Waals surface area contributed by atoms with Crippen molar-refractivity contribution < 1.29 is 14.3 Å². The molecule has 27 heavy (non-hydrogen) atoms. The number of esters is 1. The van der Waals surface area contributed by atoms with E-state index in [2.05, 4.69) is 17.4 Å². The van der Waals surface area contributed by atoms with Crippen LogP contribution in [0.2, 0.25) is 0 Å². The van der Waals surface area contributed by atoms with E-state index < -0.39 is 5.97 Å². The van der Waals surface area contributed by atoms with E-state index in [0.717, 1.165) is 6.42 Å². The highest BCUT2D eigenvalue weighted by Gasteiger charge is 2.14. The molecule has 0 aliphatic rings. The molecule has 0 aliphatic carbocycles. The summed E-state index contributed by atoms with van der Waals surface area (Å²) in [4.78, 5) is 24.5. The van der Waals surface area contributed by atoms with Crippen molar-refractivity contribution in [3.05, 3.63) is 102 Å². The molecule has 0 saturated heterocycles. The summed E-state index contributed by atoms with van der Waals surface area (Å²) in [5, 5.41) is 3.28. The molecule has 0 radical (unpaired) electrons. The fraction of sp³-hybridized carbons (Fsp3) is 0.130. The minimum atomic E-state index is -0.512. The van der Waals surface area contributed by atoms with Crippen LogP contribution in [0.4, 0.5) is 5.69 Å². The summed E-state index contributed by atoms with van der Waals surface area (Å²) in [5.74, 6) is -0.736.